The van der Waals surface area contributed by atoms with Gasteiger partial charge < -0.3 is 19.5 Å². The van der Waals surface area contributed by atoms with Gasteiger partial charge >= 0.3 is 18.0 Å². The normalized spacial score (nSPS) is 14.1. The Morgan fingerprint density at radius 2 is 1.86 bits per heavy atom. The number of hydrogen-bond acceptors (Lipinski definition) is 8. The summed E-state index contributed by atoms with van der Waals surface area (Å²) in [7, 11) is 1.32. The van der Waals surface area contributed by atoms with Gasteiger partial charge in [-0.15, -0.1) is 22.7 Å². The van der Waals surface area contributed by atoms with Gasteiger partial charge in [0.05, 0.1) is 23.1 Å². The minimum atomic E-state index is -0.512. The monoisotopic (exact) mass is 518 g/mol. The Labute approximate surface area is 212 Å². The van der Waals surface area contributed by atoms with Gasteiger partial charge in [-0.25, -0.2) is 14.4 Å². The fourth-order valence-electron chi connectivity index (χ4n) is 4.48. The Morgan fingerprint density at radius 3 is 2.54 bits per heavy atom. The van der Waals surface area contributed by atoms with Crippen molar-refractivity contribution in [3.05, 3.63) is 23.1 Å². The molecule has 1 saturated carbocycles. The molecule has 0 atom stereocenters. The molecule has 1 N–H and O–H groups in total. The van der Waals surface area contributed by atoms with E-state index in [1.165, 1.54) is 36.2 Å². The molecule has 0 saturated heterocycles. The molecule has 2 aromatic heterocycles. The summed E-state index contributed by atoms with van der Waals surface area (Å²) in [6.45, 7) is 4.16. The Bertz CT molecular complexity index is 1230. The molecule has 35 heavy (non-hydrogen) atoms. The minimum Gasteiger partial charge on any atom is -0.479 e. The maximum Gasteiger partial charge on any atom is 0.351 e. The molecule has 0 aliphatic heterocycles. The second kappa shape index (κ2) is 11.3. The lowest BCUT2D eigenvalue weighted by molar-refractivity contribution is -0.145. The summed E-state index contributed by atoms with van der Waals surface area (Å²) in [5.41, 5.74) is 0.853. The van der Waals surface area contributed by atoms with Gasteiger partial charge in [0.2, 0.25) is 0 Å². The number of ether oxygens (including phenoxy) is 3. The highest BCUT2D eigenvalue weighted by Crippen LogP contribution is 2.48. The number of benzene rings is 1. The third kappa shape index (κ3) is 5.23. The largest absolute Gasteiger partial charge is 0.479 e. The van der Waals surface area contributed by atoms with Crippen molar-refractivity contribution >= 4 is 65.8 Å². The molecule has 188 valence electrons. The number of thiophene rings is 2. The summed E-state index contributed by atoms with van der Waals surface area (Å²) in [5, 5.41) is 3.93. The Balaban J connectivity index is 1.75. The van der Waals surface area contributed by atoms with Crippen molar-refractivity contribution in [2.45, 2.75) is 52.0 Å². The number of carbonyl (C=O) groups is 3. The van der Waals surface area contributed by atoms with Crippen LogP contribution in [-0.2, 0) is 14.3 Å². The topological polar surface area (TPSA) is 94.2 Å². The third-order valence-electron chi connectivity index (χ3n) is 6.02. The molecule has 10 heteroatoms. The van der Waals surface area contributed by atoms with Gasteiger partial charge in [0, 0.05) is 28.4 Å². The van der Waals surface area contributed by atoms with Crippen LogP contribution in [0.4, 0.5) is 10.5 Å². The number of urea groups is 1. The van der Waals surface area contributed by atoms with E-state index in [-0.39, 0.29) is 25.3 Å². The average Bonchev–Trinajstić information content (AvgIpc) is 3.39. The molecule has 0 bridgehead atoms. The summed E-state index contributed by atoms with van der Waals surface area (Å²) in [6.07, 6.45) is 5.42. The zero-order chi connectivity index (χ0) is 24.9. The standard InChI is InChI=1S/C25H30N2O6S2/c1-4-26-25(30)27(15-9-7-6-8-10-15)16-11-12-17-18(13-16)34-22-20(33-14-19(28)32-5-2)23(24(29)31-3)35-21(17)22/h11-13,15H,4-10,14H2,1-3H3,(H,26,30). The summed E-state index contributed by atoms with van der Waals surface area (Å²) in [6, 6.07) is 6.08. The number of amides is 2. The highest BCUT2D eigenvalue weighted by molar-refractivity contribution is 7.34. The molecule has 8 nitrogen and oxygen atoms in total. The van der Waals surface area contributed by atoms with Crippen molar-refractivity contribution in [3.8, 4) is 5.75 Å². The van der Waals surface area contributed by atoms with E-state index in [4.69, 9.17) is 14.2 Å². The molecule has 1 fully saturated rings. The summed E-state index contributed by atoms with van der Waals surface area (Å²) >= 11 is 2.75. The first-order valence-corrected chi connectivity index (χ1v) is 13.5. The zero-order valence-corrected chi connectivity index (χ0v) is 21.8. The van der Waals surface area contributed by atoms with Gasteiger partial charge in [0.25, 0.3) is 0 Å². The van der Waals surface area contributed by atoms with E-state index >= 15 is 0 Å². The fourth-order valence-corrected chi connectivity index (χ4v) is 7.09. The number of esters is 2. The van der Waals surface area contributed by atoms with Crippen molar-refractivity contribution in [1.29, 1.82) is 0 Å². The van der Waals surface area contributed by atoms with E-state index in [0.29, 0.717) is 17.2 Å². The number of hydrogen-bond donors (Lipinski definition) is 1. The predicted molar refractivity (Wildman–Crippen MR) is 139 cm³/mol. The first-order valence-electron chi connectivity index (χ1n) is 11.9. The summed E-state index contributed by atoms with van der Waals surface area (Å²) in [5.74, 6) is -0.682. The Kier molecular flexibility index (Phi) is 8.12. The zero-order valence-electron chi connectivity index (χ0n) is 20.2. The average molecular weight is 519 g/mol. The molecule has 1 aliphatic carbocycles. The SMILES string of the molecule is CCNC(=O)N(c1ccc2c(c1)sc1c(OCC(=O)OCC)c(C(=O)OC)sc12)C1CCCCC1. The van der Waals surface area contributed by atoms with E-state index in [2.05, 4.69) is 5.32 Å². The summed E-state index contributed by atoms with van der Waals surface area (Å²) < 4.78 is 18.3. The van der Waals surface area contributed by atoms with Gasteiger partial charge in [0.1, 0.15) is 0 Å². The van der Waals surface area contributed by atoms with Crippen LogP contribution in [-0.4, -0.2) is 50.9 Å². The lowest BCUT2D eigenvalue weighted by Gasteiger charge is -2.34. The van der Waals surface area contributed by atoms with Gasteiger partial charge in [-0.3, -0.25) is 4.90 Å². The number of nitrogens with one attached hydrogen (secondary N) is 1. The highest BCUT2D eigenvalue weighted by Gasteiger charge is 2.28. The quantitative estimate of drug-likeness (QED) is 0.384. The smallest absolute Gasteiger partial charge is 0.351 e. The fraction of sp³-hybridized carbons (Fsp3) is 0.480. The molecule has 0 unspecified atom stereocenters. The number of rotatable bonds is 8. The molecule has 4 rings (SSSR count). The highest BCUT2D eigenvalue weighted by atomic mass is 32.1. The van der Waals surface area contributed by atoms with Gasteiger partial charge in [0.15, 0.2) is 17.2 Å². The molecule has 2 heterocycles. The lowest BCUT2D eigenvalue weighted by atomic mass is 9.94. The van der Waals surface area contributed by atoms with Crippen LogP contribution in [0.1, 0.15) is 55.6 Å². The molecular formula is C25H30N2O6S2. The van der Waals surface area contributed by atoms with Crippen LogP contribution in [0.5, 0.6) is 5.75 Å². The van der Waals surface area contributed by atoms with Gasteiger partial charge in [-0.05, 0) is 38.8 Å². The van der Waals surface area contributed by atoms with E-state index in [1.807, 2.05) is 30.0 Å². The summed E-state index contributed by atoms with van der Waals surface area (Å²) in [4.78, 5) is 39.5. The third-order valence-corrected chi connectivity index (χ3v) is 8.48. The van der Waals surface area contributed by atoms with E-state index < -0.39 is 11.9 Å². The molecule has 0 radical (unpaired) electrons. The van der Waals surface area contributed by atoms with Gasteiger partial charge in [-0.1, -0.05) is 25.3 Å². The minimum absolute atomic E-state index is 0.0800. The van der Waals surface area contributed by atoms with Crippen LogP contribution in [0.25, 0.3) is 19.5 Å². The van der Waals surface area contributed by atoms with Gasteiger partial charge in [-0.2, -0.15) is 0 Å². The van der Waals surface area contributed by atoms with Crippen LogP contribution in [0, 0.1) is 0 Å². The van der Waals surface area contributed by atoms with Crippen molar-refractivity contribution in [2.24, 2.45) is 0 Å². The molecule has 1 aromatic carbocycles. The number of carbonyl (C=O) groups excluding carboxylic acids is 3. The first kappa shape index (κ1) is 25.2. The molecular weight excluding hydrogens is 488 g/mol. The lowest BCUT2D eigenvalue weighted by Crippen LogP contribution is -2.47. The second-order valence-electron chi connectivity index (χ2n) is 8.28. The number of anilines is 1. The maximum atomic E-state index is 13.0. The molecule has 3 aromatic rings. The van der Waals surface area contributed by atoms with Crippen molar-refractivity contribution < 1.29 is 28.6 Å². The number of nitrogens with zero attached hydrogens (tertiary/aromatic N) is 1. The molecule has 0 spiro atoms. The number of fused-ring (bicyclic) bond motifs is 3. The molecule has 1 aliphatic rings. The van der Waals surface area contributed by atoms with Crippen LogP contribution in [0.15, 0.2) is 18.2 Å². The van der Waals surface area contributed by atoms with Crippen LogP contribution in [0.2, 0.25) is 0 Å². The maximum absolute atomic E-state index is 13.0. The number of methoxy groups -OCH3 is 1. The molecule has 2 amide bonds. The van der Waals surface area contributed by atoms with Crippen molar-refractivity contribution in [1.82, 2.24) is 5.32 Å². The van der Waals surface area contributed by atoms with Crippen LogP contribution >= 0.6 is 22.7 Å². The van der Waals surface area contributed by atoms with E-state index in [0.717, 1.165) is 50.9 Å². The Hall–Kier alpha value is -2.85. The predicted octanol–water partition coefficient (Wildman–Crippen LogP) is 5.71. The van der Waals surface area contributed by atoms with E-state index in [1.54, 1.807) is 6.92 Å². The Morgan fingerprint density at radius 1 is 1.09 bits per heavy atom. The van der Waals surface area contributed by atoms with Crippen molar-refractivity contribution in [2.75, 3.05) is 31.8 Å². The first-order chi connectivity index (χ1) is 17.0. The van der Waals surface area contributed by atoms with Crippen LogP contribution in [0.3, 0.4) is 0 Å². The van der Waals surface area contributed by atoms with E-state index in [9.17, 15) is 14.4 Å². The second-order valence-corrected chi connectivity index (χ2v) is 10.4. The van der Waals surface area contributed by atoms with Crippen molar-refractivity contribution in [3.63, 3.8) is 0 Å². The van der Waals surface area contributed by atoms with Crippen LogP contribution < -0.4 is 15.0 Å².